The van der Waals surface area contributed by atoms with E-state index in [0.29, 0.717) is 13.0 Å². The fourth-order valence-corrected chi connectivity index (χ4v) is 2.10. The minimum atomic E-state index is -0.797. The monoisotopic (exact) mass is 353 g/mol. The highest BCUT2D eigenvalue weighted by molar-refractivity contribution is 5.95. The molecule has 0 aliphatic carbocycles. The number of carbonyl (C=O) groups excluding carboxylic acids is 2. The third kappa shape index (κ3) is 5.83. The first kappa shape index (κ1) is 20.0. The zero-order chi connectivity index (χ0) is 19.0. The molecule has 1 amide bonds. The summed E-state index contributed by atoms with van der Waals surface area (Å²) in [6, 6.07) is 2.78. The molecule has 0 saturated heterocycles. The second-order valence-corrected chi connectivity index (χ2v) is 5.22. The van der Waals surface area contributed by atoms with Gasteiger partial charge in [0.05, 0.1) is 35.0 Å². The van der Waals surface area contributed by atoms with E-state index < -0.39 is 33.1 Å². The van der Waals surface area contributed by atoms with Gasteiger partial charge in [0.2, 0.25) is 0 Å². The number of methoxy groups -OCH3 is 1. The fraction of sp³-hybridized carbons (Fsp3) is 0.467. The third-order valence-electron chi connectivity index (χ3n) is 3.45. The van der Waals surface area contributed by atoms with Crippen LogP contribution in [-0.2, 0) is 9.53 Å². The maximum Gasteiger partial charge on any atom is 0.307 e. The fourth-order valence-electron chi connectivity index (χ4n) is 2.10. The van der Waals surface area contributed by atoms with Gasteiger partial charge in [0.25, 0.3) is 17.3 Å². The topological polar surface area (TPSA) is 133 Å². The van der Waals surface area contributed by atoms with Gasteiger partial charge in [-0.1, -0.05) is 13.3 Å². The second kappa shape index (κ2) is 9.30. The van der Waals surface area contributed by atoms with Gasteiger partial charge in [-0.25, -0.2) is 0 Å². The smallest absolute Gasteiger partial charge is 0.307 e. The molecule has 10 nitrogen and oxygen atoms in total. The van der Waals surface area contributed by atoms with E-state index in [9.17, 15) is 29.8 Å². The molecule has 0 heterocycles. The van der Waals surface area contributed by atoms with Crippen LogP contribution in [0.1, 0.15) is 36.5 Å². The molecule has 0 atom stereocenters. The molecule has 25 heavy (non-hydrogen) atoms. The molecule has 1 aromatic carbocycles. The Labute approximate surface area is 143 Å². The predicted octanol–water partition coefficient (Wildman–Crippen LogP) is 2.31. The zero-order valence-corrected chi connectivity index (χ0v) is 14.0. The van der Waals surface area contributed by atoms with E-state index in [1.165, 1.54) is 12.0 Å². The third-order valence-corrected chi connectivity index (χ3v) is 3.45. The Kier molecular flexibility index (Phi) is 7.44. The van der Waals surface area contributed by atoms with E-state index in [2.05, 4.69) is 4.74 Å². The zero-order valence-electron chi connectivity index (χ0n) is 14.0. The molecule has 0 aliphatic rings. The van der Waals surface area contributed by atoms with Crippen LogP contribution in [0.3, 0.4) is 0 Å². The predicted molar refractivity (Wildman–Crippen MR) is 87.2 cm³/mol. The van der Waals surface area contributed by atoms with Gasteiger partial charge >= 0.3 is 5.97 Å². The van der Waals surface area contributed by atoms with Crippen molar-refractivity contribution in [3.8, 4) is 0 Å². The van der Waals surface area contributed by atoms with Crippen LogP contribution in [-0.4, -0.2) is 46.8 Å². The lowest BCUT2D eigenvalue weighted by Gasteiger charge is -2.22. The van der Waals surface area contributed by atoms with Crippen molar-refractivity contribution in [2.75, 3.05) is 20.2 Å². The molecule has 0 N–H and O–H groups in total. The number of amides is 1. The summed E-state index contributed by atoms with van der Waals surface area (Å²) in [6.07, 6.45) is 1.41. The van der Waals surface area contributed by atoms with Crippen LogP contribution in [0.25, 0.3) is 0 Å². The molecule has 0 bridgehead atoms. The summed E-state index contributed by atoms with van der Waals surface area (Å²) in [6.45, 7) is 2.30. The summed E-state index contributed by atoms with van der Waals surface area (Å²) in [4.78, 5) is 45.6. The number of carbonyl (C=O) groups is 2. The average Bonchev–Trinajstić information content (AvgIpc) is 2.60. The van der Waals surface area contributed by atoms with E-state index in [1.807, 2.05) is 6.92 Å². The number of unbranched alkanes of at least 4 members (excludes halogenated alkanes) is 1. The second-order valence-electron chi connectivity index (χ2n) is 5.22. The van der Waals surface area contributed by atoms with Crippen LogP contribution >= 0.6 is 0 Å². The van der Waals surface area contributed by atoms with Gasteiger partial charge in [0.1, 0.15) is 0 Å². The standard InChI is InChI=1S/C15H19N3O7/c1-3-4-6-16(7-5-14(19)25-2)15(20)11-8-12(17(21)22)10-13(9-11)18(23)24/h8-10H,3-7H2,1-2H3. The molecule has 136 valence electrons. The highest BCUT2D eigenvalue weighted by Gasteiger charge is 2.23. The van der Waals surface area contributed by atoms with Gasteiger partial charge in [0.15, 0.2) is 0 Å². The Hall–Kier alpha value is -3.04. The van der Waals surface area contributed by atoms with Crippen molar-refractivity contribution in [1.82, 2.24) is 4.90 Å². The van der Waals surface area contributed by atoms with Gasteiger partial charge in [-0.15, -0.1) is 0 Å². The Morgan fingerprint density at radius 3 is 2.08 bits per heavy atom. The molecule has 1 aromatic rings. The molecule has 0 aliphatic heterocycles. The Bertz CT molecular complexity index is 643. The summed E-state index contributed by atoms with van der Waals surface area (Å²) in [5, 5.41) is 21.9. The van der Waals surface area contributed by atoms with Crippen molar-refractivity contribution < 1.29 is 24.2 Å². The average molecular weight is 353 g/mol. The maximum absolute atomic E-state index is 12.6. The molecule has 0 spiro atoms. The molecule has 1 rings (SSSR count). The minimum Gasteiger partial charge on any atom is -0.469 e. The molecule has 10 heteroatoms. The van der Waals surface area contributed by atoms with Crippen LogP contribution in [0.15, 0.2) is 18.2 Å². The van der Waals surface area contributed by atoms with Crippen LogP contribution in [0, 0.1) is 20.2 Å². The number of nitrogens with zero attached hydrogens (tertiary/aromatic N) is 3. The van der Waals surface area contributed by atoms with Gasteiger partial charge in [-0.3, -0.25) is 29.8 Å². The largest absolute Gasteiger partial charge is 0.469 e. The van der Waals surface area contributed by atoms with Crippen molar-refractivity contribution in [2.45, 2.75) is 26.2 Å². The molecule has 0 saturated carbocycles. The quantitative estimate of drug-likeness (QED) is 0.378. The van der Waals surface area contributed by atoms with Crippen LogP contribution < -0.4 is 0 Å². The summed E-state index contributed by atoms with van der Waals surface area (Å²) in [5.74, 6) is -1.11. The lowest BCUT2D eigenvalue weighted by atomic mass is 10.1. The number of ether oxygens (including phenoxy) is 1. The van der Waals surface area contributed by atoms with Gasteiger partial charge < -0.3 is 9.64 Å². The first-order valence-electron chi connectivity index (χ1n) is 7.60. The number of nitro benzene ring substituents is 2. The van der Waals surface area contributed by atoms with Gasteiger partial charge in [-0.05, 0) is 6.42 Å². The van der Waals surface area contributed by atoms with Gasteiger partial charge in [0, 0.05) is 25.2 Å². The highest BCUT2D eigenvalue weighted by Crippen LogP contribution is 2.24. The summed E-state index contributed by atoms with van der Waals surface area (Å²) in [5.41, 5.74) is -1.25. The van der Waals surface area contributed by atoms with Crippen molar-refractivity contribution >= 4 is 23.3 Å². The normalized spacial score (nSPS) is 10.2. The maximum atomic E-state index is 12.6. The Morgan fingerprint density at radius 1 is 1.08 bits per heavy atom. The lowest BCUT2D eigenvalue weighted by molar-refractivity contribution is -0.394. The SMILES string of the molecule is CCCCN(CCC(=O)OC)C(=O)c1cc([N+](=O)[O-])cc([N+](=O)[O-])c1. The summed E-state index contributed by atoms with van der Waals surface area (Å²) in [7, 11) is 1.23. The molecule has 0 fully saturated rings. The number of hydrogen-bond donors (Lipinski definition) is 0. The highest BCUT2D eigenvalue weighted by atomic mass is 16.6. The molecule has 0 aromatic heterocycles. The molecular weight excluding hydrogens is 334 g/mol. The molecule has 0 unspecified atom stereocenters. The number of rotatable bonds is 9. The van der Waals surface area contributed by atoms with E-state index in [1.54, 1.807) is 0 Å². The Morgan fingerprint density at radius 2 is 1.64 bits per heavy atom. The summed E-state index contributed by atoms with van der Waals surface area (Å²) >= 11 is 0. The lowest BCUT2D eigenvalue weighted by Crippen LogP contribution is -2.34. The van der Waals surface area contributed by atoms with Crippen LogP contribution in [0.2, 0.25) is 0 Å². The van der Waals surface area contributed by atoms with Crippen molar-refractivity contribution in [3.63, 3.8) is 0 Å². The minimum absolute atomic E-state index is 0.0387. The van der Waals surface area contributed by atoms with E-state index in [-0.39, 0.29) is 18.5 Å². The van der Waals surface area contributed by atoms with E-state index in [4.69, 9.17) is 0 Å². The summed E-state index contributed by atoms with van der Waals surface area (Å²) < 4.78 is 4.54. The number of benzene rings is 1. The van der Waals surface area contributed by atoms with Crippen LogP contribution in [0.5, 0.6) is 0 Å². The Balaban J connectivity index is 3.14. The van der Waals surface area contributed by atoms with E-state index >= 15 is 0 Å². The molecular formula is C15H19N3O7. The van der Waals surface area contributed by atoms with Gasteiger partial charge in [-0.2, -0.15) is 0 Å². The van der Waals surface area contributed by atoms with E-state index in [0.717, 1.165) is 24.6 Å². The molecule has 0 radical (unpaired) electrons. The number of hydrogen-bond acceptors (Lipinski definition) is 7. The first-order valence-corrected chi connectivity index (χ1v) is 7.60. The van der Waals surface area contributed by atoms with Crippen LogP contribution in [0.4, 0.5) is 11.4 Å². The van der Waals surface area contributed by atoms with Crippen molar-refractivity contribution in [3.05, 3.63) is 44.0 Å². The number of esters is 1. The van der Waals surface area contributed by atoms with Crippen molar-refractivity contribution in [2.24, 2.45) is 0 Å². The first-order chi connectivity index (χ1) is 11.8. The number of non-ortho nitro benzene ring substituents is 2. The van der Waals surface area contributed by atoms with Crippen molar-refractivity contribution in [1.29, 1.82) is 0 Å². The number of nitro groups is 2.